The number of nitrogens with one attached hydrogen (secondary N) is 2. The third-order valence-corrected chi connectivity index (χ3v) is 4.35. The number of hydrogen-bond acceptors (Lipinski definition) is 2. The summed E-state index contributed by atoms with van der Waals surface area (Å²) in [4.78, 5) is 25.2. The summed E-state index contributed by atoms with van der Waals surface area (Å²) in [5, 5.41) is 6.68. The van der Waals surface area contributed by atoms with Crippen molar-refractivity contribution in [2.75, 3.05) is 5.32 Å². The maximum Gasteiger partial charge on any atom is 0.272 e. The molecule has 142 valence electrons. The molecule has 0 atom stereocenters. The van der Waals surface area contributed by atoms with Crippen molar-refractivity contribution in [2.24, 2.45) is 5.41 Å². The van der Waals surface area contributed by atoms with Crippen LogP contribution < -0.4 is 10.6 Å². The van der Waals surface area contributed by atoms with Gasteiger partial charge in [0.1, 0.15) is 5.70 Å². The third-order valence-electron chi connectivity index (χ3n) is 3.53. The van der Waals surface area contributed by atoms with Crippen LogP contribution in [-0.4, -0.2) is 11.8 Å². The highest BCUT2D eigenvalue weighted by Crippen LogP contribution is 2.26. The van der Waals surface area contributed by atoms with Gasteiger partial charge in [0.25, 0.3) is 5.91 Å². The molecule has 0 fully saturated rings. The van der Waals surface area contributed by atoms with Crippen LogP contribution in [0.1, 0.15) is 26.3 Å². The Morgan fingerprint density at radius 2 is 1.52 bits per heavy atom. The van der Waals surface area contributed by atoms with Crippen LogP contribution in [0, 0.1) is 5.41 Å². The average molecular weight is 426 g/mol. The smallest absolute Gasteiger partial charge is 0.272 e. The van der Waals surface area contributed by atoms with Crippen molar-refractivity contribution in [3.05, 3.63) is 68.8 Å². The van der Waals surface area contributed by atoms with Crippen LogP contribution in [0.25, 0.3) is 6.08 Å². The van der Waals surface area contributed by atoms with Gasteiger partial charge in [0, 0.05) is 15.5 Å². The Balaban J connectivity index is 2.35. The van der Waals surface area contributed by atoms with Gasteiger partial charge < -0.3 is 10.6 Å². The molecule has 0 aromatic heterocycles. The van der Waals surface area contributed by atoms with Gasteiger partial charge in [0.2, 0.25) is 5.91 Å². The lowest BCUT2D eigenvalue weighted by molar-refractivity contribution is -0.128. The van der Waals surface area contributed by atoms with Gasteiger partial charge in [-0.05, 0) is 42.0 Å². The molecule has 0 unspecified atom stereocenters. The number of rotatable bonds is 4. The van der Waals surface area contributed by atoms with E-state index in [0.29, 0.717) is 26.3 Å². The number of anilines is 1. The van der Waals surface area contributed by atoms with E-state index in [1.807, 2.05) is 0 Å². The summed E-state index contributed by atoms with van der Waals surface area (Å²) in [5.41, 5.74) is 0.456. The predicted octanol–water partition coefficient (Wildman–Crippen LogP) is 5.79. The maximum absolute atomic E-state index is 12.8. The minimum atomic E-state index is -0.674. The lowest BCUT2D eigenvalue weighted by Crippen LogP contribution is -2.38. The second-order valence-corrected chi connectivity index (χ2v) is 8.17. The summed E-state index contributed by atoms with van der Waals surface area (Å²) in [6.07, 6.45) is 1.56. The molecule has 4 nitrogen and oxygen atoms in total. The molecule has 0 saturated carbocycles. The van der Waals surface area contributed by atoms with Gasteiger partial charge in [-0.25, -0.2) is 0 Å². The maximum atomic E-state index is 12.8. The Kier molecular flexibility index (Phi) is 6.93. The molecule has 7 heteroatoms. The molecule has 2 rings (SSSR count). The molecule has 0 aliphatic carbocycles. The minimum Gasteiger partial charge on any atom is -0.321 e. The average Bonchev–Trinajstić information content (AvgIpc) is 2.58. The number of benzene rings is 2. The lowest BCUT2D eigenvalue weighted by atomic mass is 9.95. The number of carbonyl (C=O) groups excluding carboxylic acids is 2. The molecule has 0 spiro atoms. The summed E-state index contributed by atoms with van der Waals surface area (Å²) in [7, 11) is 0. The number of amides is 2. The molecule has 2 N–H and O–H groups in total. The first kappa shape index (κ1) is 21.3. The molecule has 0 bridgehead atoms. The zero-order valence-electron chi connectivity index (χ0n) is 15.1. The summed E-state index contributed by atoms with van der Waals surface area (Å²) >= 11 is 18.0. The highest BCUT2D eigenvalue weighted by atomic mass is 35.5. The van der Waals surface area contributed by atoms with Crippen molar-refractivity contribution in [1.29, 1.82) is 0 Å². The first-order chi connectivity index (χ1) is 12.6. The quantitative estimate of drug-likeness (QED) is 0.609. The molecule has 0 heterocycles. The zero-order chi connectivity index (χ0) is 20.2. The third kappa shape index (κ3) is 6.28. The van der Waals surface area contributed by atoms with Crippen molar-refractivity contribution >= 4 is 58.4 Å². The Morgan fingerprint density at radius 3 is 2.11 bits per heavy atom. The van der Waals surface area contributed by atoms with Crippen molar-refractivity contribution in [3.8, 4) is 0 Å². The SMILES string of the molecule is CC(C)(C)C(=O)N/C(=C/c1ccc(Cl)cc1)C(=O)Nc1cc(Cl)ccc1Cl. The zero-order valence-corrected chi connectivity index (χ0v) is 17.3. The molecular formula is C20H19Cl3N2O2. The molecule has 0 aliphatic rings. The number of halogens is 3. The van der Waals surface area contributed by atoms with Gasteiger partial charge in [-0.2, -0.15) is 0 Å². The molecule has 2 aromatic rings. The molecule has 2 aromatic carbocycles. The number of carbonyl (C=O) groups is 2. The van der Waals surface area contributed by atoms with Crippen molar-refractivity contribution in [3.63, 3.8) is 0 Å². The second kappa shape index (κ2) is 8.79. The largest absolute Gasteiger partial charge is 0.321 e. The molecule has 0 saturated heterocycles. The summed E-state index contributed by atoms with van der Waals surface area (Å²) in [6.45, 7) is 5.27. The number of hydrogen-bond donors (Lipinski definition) is 2. The molecule has 27 heavy (non-hydrogen) atoms. The van der Waals surface area contributed by atoms with Crippen LogP contribution in [0.3, 0.4) is 0 Å². The van der Waals surface area contributed by atoms with Gasteiger partial charge >= 0.3 is 0 Å². The van der Waals surface area contributed by atoms with Gasteiger partial charge in [0.05, 0.1) is 10.7 Å². The normalized spacial score (nSPS) is 11.9. The topological polar surface area (TPSA) is 58.2 Å². The Hall–Kier alpha value is -2.01. The summed E-state index contributed by atoms with van der Waals surface area (Å²) < 4.78 is 0. The van der Waals surface area contributed by atoms with E-state index in [0.717, 1.165) is 0 Å². The molecule has 0 radical (unpaired) electrons. The fourth-order valence-corrected chi connectivity index (χ4v) is 2.44. The molecular weight excluding hydrogens is 407 g/mol. The van der Waals surface area contributed by atoms with E-state index in [-0.39, 0.29) is 11.6 Å². The summed E-state index contributed by atoms with van der Waals surface area (Å²) in [5.74, 6) is -0.818. The van der Waals surface area contributed by atoms with E-state index in [1.54, 1.807) is 63.2 Å². The predicted molar refractivity (Wildman–Crippen MR) is 112 cm³/mol. The van der Waals surface area contributed by atoms with E-state index in [1.165, 1.54) is 6.07 Å². The second-order valence-electron chi connectivity index (χ2n) is 6.89. The highest BCUT2D eigenvalue weighted by Gasteiger charge is 2.24. The lowest BCUT2D eigenvalue weighted by Gasteiger charge is -2.19. The highest BCUT2D eigenvalue weighted by molar-refractivity contribution is 6.36. The van der Waals surface area contributed by atoms with Crippen LogP contribution in [0.15, 0.2) is 48.2 Å². The standard InChI is InChI=1S/C20H19Cl3N2O2/c1-20(2,3)19(27)25-17(10-12-4-6-13(21)7-5-12)18(26)24-16-11-14(22)8-9-15(16)23/h4-11H,1-3H3,(H,24,26)(H,25,27)/b17-10+. The van der Waals surface area contributed by atoms with Crippen LogP contribution >= 0.6 is 34.8 Å². The van der Waals surface area contributed by atoms with Crippen LogP contribution in [0.4, 0.5) is 5.69 Å². The fourth-order valence-electron chi connectivity index (χ4n) is 1.98. The van der Waals surface area contributed by atoms with Crippen LogP contribution in [0.2, 0.25) is 15.1 Å². The van der Waals surface area contributed by atoms with E-state index in [4.69, 9.17) is 34.8 Å². The van der Waals surface area contributed by atoms with Crippen molar-refractivity contribution < 1.29 is 9.59 Å². The minimum absolute atomic E-state index is 0.0771. The van der Waals surface area contributed by atoms with Crippen molar-refractivity contribution in [2.45, 2.75) is 20.8 Å². The summed E-state index contributed by atoms with van der Waals surface area (Å²) in [6, 6.07) is 11.6. The van der Waals surface area contributed by atoms with Crippen LogP contribution in [0.5, 0.6) is 0 Å². The van der Waals surface area contributed by atoms with Gasteiger partial charge in [0.15, 0.2) is 0 Å². The molecule has 0 aliphatic heterocycles. The van der Waals surface area contributed by atoms with Gasteiger partial charge in [-0.3, -0.25) is 9.59 Å². The Morgan fingerprint density at radius 1 is 0.926 bits per heavy atom. The fraction of sp³-hybridized carbons (Fsp3) is 0.200. The van der Waals surface area contributed by atoms with E-state index >= 15 is 0 Å². The van der Waals surface area contributed by atoms with E-state index in [9.17, 15) is 9.59 Å². The van der Waals surface area contributed by atoms with E-state index in [2.05, 4.69) is 10.6 Å². The monoisotopic (exact) mass is 424 g/mol. The first-order valence-corrected chi connectivity index (χ1v) is 9.25. The van der Waals surface area contributed by atoms with Crippen molar-refractivity contribution in [1.82, 2.24) is 5.32 Å². The van der Waals surface area contributed by atoms with Gasteiger partial charge in [-0.1, -0.05) is 67.7 Å². The molecule has 2 amide bonds. The first-order valence-electron chi connectivity index (χ1n) is 8.11. The Bertz CT molecular complexity index is 885. The van der Waals surface area contributed by atoms with Crippen LogP contribution in [-0.2, 0) is 9.59 Å². The Labute approximate surface area is 173 Å². The van der Waals surface area contributed by atoms with Gasteiger partial charge in [-0.15, -0.1) is 0 Å². The van der Waals surface area contributed by atoms with E-state index < -0.39 is 11.3 Å².